The van der Waals surface area contributed by atoms with E-state index in [1.165, 1.54) is 36.4 Å². The van der Waals surface area contributed by atoms with Crippen LogP contribution in [-0.2, 0) is 4.79 Å². The van der Waals surface area contributed by atoms with Crippen LogP contribution in [0.3, 0.4) is 0 Å². The average molecular weight is 373 g/mol. The molecule has 2 aromatic rings. The summed E-state index contributed by atoms with van der Waals surface area (Å²) in [5.74, 6) is -0.967. The molecule has 0 radical (unpaired) electrons. The average Bonchev–Trinajstić information content (AvgIpc) is 2.84. The van der Waals surface area contributed by atoms with Gasteiger partial charge in [-0.25, -0.2) is 13.6 Å². The molecule has 1 heterocycles. The van der Waals surface area contributed by atoms with Crippen LogP contribution in [0.25, 0.3) is 0 Å². The van der Waals surface area contributed by atoms with Crippen molar-refractivity contribution in [3.8, 4) is 0 Å². The van der Waals surface area contributed by atoms with Crippen LogP contribution < -0.4 is 16.0 Å². The van der Waals surface area contributed by atoms with Crippen LogP contribution in [0.4, 0.5) is 25.0 Å². The molecule has 1 aliphatic rings. The Hall–Kier alpha value is -2.96. The second-order valence-corrected chi connectivity index (χ2v) is 7.44. The Morgan fingerprint density at radius 1 is 1.15 bits per heavy atom. The number of carbonyl (C=O) groups is 2. The predicted octanol–water partition coefficient (Wildman–Crippen LogP) is 4.50. The summed E-state index contributed by atoms with van der Waals surface area (Å²) >= 11 is 0. The Labute approximate surface area is 156 Å². The van der Waals surface area contributed by atoms with Gasteiger partial charge in [0.2, 0.25) is 5.91 Å². The Kier molecular flexibility index (Phi) is 4.87. The van der Waals surface area contributed by atoms with Gasteiger partial charge in [0.15, 0.2) is 0 Å². The highest BCUT2D eigenvalue weighted by atomic mass is 19.1. The molecule has 3 amide bonds. The van der Waals surface area contributed by atoms with Crippen LogP contribution in [0, 0.1) is 24.0 Å². The zero-order valence-electron chi connectivity index (χ0n) is 15.3. The van der Waals surface area contributed by atoms with Gasteiger partial charge in [0.05, 0.1) is 6.04 Å². The lowest BCUT2D eigenvalue weighted by Crippen LogP contribution is -2.26. The summed E-state index contributed by atoms with van der Waals surface area (Å²) in [5, 5.41) is 8.06. The van der Waals surface area contributed by atoms with Crippen LogP contribution in [0.5, 0.6) is 0 Å². The molecule has 0 spiro atoms. The first-order valence-corrected chi connectivity index (χ1v) is 8.59. The maximum Gasteiger partial charge on any atom is 0.323 e. The Balaban J connectivity index is 1.78. The molecule has 1 atom stereocenters. The quantitative estimate of drug-likeness (QED) is 0.741. The van der Waals surface area contributed by atoms with Crippen molar-refractivity contribution in [3.63, 3.8) is 0 Å². The summed E-state index contributed by atoms with van der Waals surface area (Å²) in [6, 6.07) is 7.25. The minimum Gasteiger partial charge on any atom is -0.349 e. The molecule has 1 fully saturated rings. The number of urea groups is 1. The molecule has 0 bridgehead atoms. The standard InChI is InChI=1S/C20H21F2N3O2/c1-11-8-12(21)4-7-16(11)24-19(27)23-13-5-6-15(22)14(9-13)18-20(2,3)10-17(26)25-18/h4-9,18H,10H2,1-3H3,(H,25,26)(H2,23,24,27). The smallest absolute Gasteiger partial charge is 0.323 e. The number of benzene rings is 2. The van der Waals surface area contributed by atoms with Crippen molar-refractivity contribution < 1.29 is 18.4 Å². The minimum atomic E-state index is -0.531. The van der Waals surface area contributed by atoms with Crippen molar-refractivity contribution in [3.05, 3.63) is 59.2 Å². The third kappa shape index (κ3) is 4.07. The molecule has 7 heteroatoms. The highest BCUT2D eigenvalue weighted by Crippen LogP contribution is 2.42. The maximum atomic E-state index is 14.4. The topological polar surface area (TPSA) is 70.2 Å². The number of hydrogen-bond acceptors (Lipinski definition) is 2. The van der Waals surface area contributed by atoms with Crippen LogP contribution in [0.15, 0.2) is 36.4 Å². The van der Waals surface area contributed by atoms with Crippen molar-refractivity contribution >= 4 is 23.3 Å². The van der Waals surface area contributed by atoms with Crippen LogP contribution in [0.1, 0.15) is 37.4 Å². The largest absolute Gasteiger partial charge is 0.349 e. The van der Waals surface area contributed by atoms with E-state index in [9.17, 15) is 18.4 Å². The van der Waals surface area contributed by atoms with Gasteiger partial charge in [0, 0.05) is 23.4 Å². The Morgan fingerprint density at radius 3 is 2.52 bits per heavy atom. The van der Waals surface area contributed by atoms with Crippen LogP contribution in [-0.4, -0.2) is 11.9 Å². The molecule has 1 aliphatic heterocycles. The van der Waals surface area contributed by atoms with Gasteiger partial charge < -0.3 is 16.0 Å². The number of carbonyl (C=O) groups excluding carboxylic acids is 2. The van der Waals surface area contributed by atoms with E-state index < -0.39 is 23.3 Å². The summed E-state index contributed by atoms with van der Waals surface area (Å²) < 4.78 is 27.5. The third-order valence-electron chi connectivity index (χ3n) is 4.70. The molecule has 142 valence electrons. The van der Waals surface area contributed by atoms with Crippen molar-refractivity contribution in [1.29, 1.82) is 0 Å². The van der Waals surface area contributed by atoms with Gasteiger partial charge in [0.1, 0.15) is 11.6 Å². The lowest BCUT2D eigenvalue weighted by Gasteiger charge is -2.26. The van der Waals surface area contributed by atoms with Gasteiger partial charge in [-0.1, -0.05) is 13.8 Å². The lowest BCUT2D eigenvalue weighted by molar-refractivity contribution is -0.119. The van der Waals surface area contributed by atoms with E-state index in [1.807, 2.05) is 13.8 Å². The molecule has 0 saturated carbocycles. The predicted molar refractivity (Wildman–Crippen MR) is 99.5 cm³/mol. The molecule has 0 aromatic heterocycles. The number of halogens is 2. The van der Waals surface area contributed by atoms with Crippen molar-refractivity contribution in [2.24, 2.45) is 5.41 Å². The first kappa shape index (κ1) is 18.8. The SMILES string of the molecule is Cc1cc(F)ccc1NC(=O)Nc1ccc(F)c(C2NC(=O)CC2(C)C)c1. The molecule has 2 aromatic carbocycles. The van der Waals surface area contributed by atoms with E-state index in [1.54, 1.807) is 6.92 Å². The summed E-state index contributed by atoms with van der Waals surface area (Å²) in [6.45, 7) is 5.46. The van der Waals surface area contributed by atoms with E-state index in [2.05, 4.69) is 16.0 Å². The molecule has 3 rings (SSSR count). The summed E-state index contributed by atoms with van der Waals surface area (Å²) in [6.07, 6.45) is 0.305. The fourth-order valence-electron chi connectivity index (χ4n) is 3.32. The maximum absolute atomic E-state index is 14.4. The van der Waals surface area contributed by atoms with Crippen molar-refractivity contribution in [1.82, 2.24) is 5.32 Å². The van der Waals surface area contributed by atoms with Gasteiger partial charge in [-0.2, -0.15) is 0 Å². The summed E-state index contributed by atoms with van der Waals surface area (Å²) in [5.41, 5.74) is 1.33. The van der Waals surface area contributed by atoms with E-state index in [4.69, 9.17) is 0 Å². The van der Waals surface area contributed by atoms with Crippen LogP contribution in [0.2, 0.25) is 0 Å². The van der Waals surface area contributed by atoms with E-state index in [0.29, 0.717) is 28.9 Å². The number of anilines is 2. The molecule has 5 nitrogen and oxygen atoms in total. The fraction of sp³-hybridized carbons (Fsp3) is 0.300. The highest BCUT2D eigenvalue weighted by Gasteiger charge is 2.41. The van der Waals surface area contributed by atoms with Crippen molar-refractivity contribution in [2.75, 3.05) is 10.6 Å². The molecule has 3 N–H and O–H groups in total. The molecule has 27 heavy (non-hydrogen) atoms. The van der Waals surface area contributed by atoms with E-state index in [-0.39, 0.29) is 11.7 Å². The molecule has 1 unspecified atom stereocenters. The van der Waals surface area contributed by atoms with E-state index >= 15 is 0 Å². The molecule has 1 saturated heterocycles. The van der Waals surface area contributed by atoms with Gasteiger partial charge >= 0.3 is 6.03 Å². The zero-order chi connectivity index (χ0) is 19.8. The number of aryl methyl sites for hydroxylation is 1. The van der Waals surface area contributed by atoms with E-state index in [0.717, 1.165) is 0 Å². The Morgan fingerprint density at radius 2 is 1.89 bits per heavy atom. The minimum absolute atomic E-state index is 0.132. The lowest BCUT2D eigenvalue weighted by atomic mass is 9.81. The van der Waals surface area contributed by atoms with Gasteiger partial charge in [-0.05, 0) is 54.3 Å². The summed E-state index contributed by atoms with van der Waals surface area (Å²) in [7, 11) is 0. The fourth-order valence-corrected chi connectivity index (χ4v) is 3.32. The van der Waals surface area contributed by atoms with Crippen LogP contribution >= 0.6 is 0 Å². The number of amides is 3. The monoisotopic (exact) mass is 373 g/mol. The number of hydrogen-bond donors (Lipinski definition) is 3. The first-order chi connectivity index (χ1) is 12.7. The number of nitrogens with one attached hydrogen (secondary N) is 3. The third-order valence-corrected chi connectivity index (χ3v) is 4.70. The van der Waals surface area contributed by atoms with Crippen molar-refractivity contribution in [2.45, 2.75) is 33.2 Å². The summed E-state index contributed by atoms with van der Waals surface area (Å²) in [4.78, 5) is 24.0. The normalized spacial score (nSPS) is 18.1. The Bertz CT molecular complexity index is 912. The molecule has 0 aliphatic carbocycles. The second kappa shape index (κ2) is 6.98. The van der Waals surface area contributed by atoms with Gasteiger partial charge in [-0.15, -0.1) is 0 Å². The molecular formula is C20H21F2N3O2. The highest BCUT2D eigenvalue weighted by molar-refractivity contribution is 6.00. The molecular weight excluding hydrogens is 352 g/mol. The zero-order valence-corrected chi connectivity index (χ0v) is 15.3. The van der Waals surface area contributed by atoms with Gasteiger partial charge in [0.25, 0.3) is 0 Å². The first-order valence-electron chi connectivity index (χ1n) is 8.59. The number of rotatable bonds is 3. The van der Waals surface area contributed by atoms with Gasteiger partial charge in [-0.3, -0.25) is 4.79 Å². The second-order valence-electron chi connectivity index (χ2n) is 7.44.